The Morgan fingerprint density at radius 2 is 2.27 bits per heavy atom. The average molecular weight is 229 g/mol. The van der Waals surface area contributed by atoms with Crippen LogP contribution in [0.1, 0.15) is 12.8 Å². The SMILES string of the molecule is O=C1NC(C(=O)NCCNC2CC2)CS1. The van der Waals surface area contributed by atoms with Crippen molar-refractivity contribution >= 4 is 22.9 Å². The molecule has 84 valence electrons. The van der Waals surface area contributed by atoms with Crippen LogP contribution < -0.4 is 16.0 Å². The zero-order valence-electron chi connectivity index (χ0n) is 8.41. The summed E-state index contributed by atoms with van der Waals surface area (Å²) in [6, 6.07) is 0.326. The van der Waals surface area contributed by atoms with Gasteiger partial charge >= 0.3 is 0 Å². The third-order valence-electron chi connectivity index (χ3n) is 2.42. The van der Waals surface area contributed by atoms with Crippen LogP contribution in [-0.4, -0.2) is 42.1 Å². The van der Waals surface area contributed by atoms with Gasteiger partial charge in [0.15, 0.2) is 0 Å². The molecule has 1 saturated heterocycles. The van der Waals surface area contributed by atoms with Crippen molar-refractivity contribution in [2.75, 3.05) is 18.8 Å². The molecule has 0 aromatic carbocycles. The van der Waals surface area contributed by atoms with Crippen LogP contribution in [0.2, 0.25) is 0 Å². The lowest BCUT2D eigenvalue weighted by Crippen LogP contribution is -2.44. The molecule has 0 bridgehead atoms. The van der Waals surface area contributed by atoms with Gasteiger partial charge in [-0.1, -0.05) is 11.8 Å². The van der Waals surface area contributed by atoms with Crippen molar-refractivity contribution in [3.8, 4) is 0 Å². The number of amides is 2. The second-order valence-corrected chi connectivity index (χ2v) is 4.81. The van der Waals surface area contributed by atoms with Crippen molar-refractivity contribution in [1.82, 2.24) is 16.0 Å². The fourth-order valence-corrected chi connectivity index (χ4v) is 2.18. The molecule has 1 saturated carbocycles. The Balaban J connectivity index is 1.57. The van der Waals surface area contributed by atoms with Gasteiger partial charge in [-0.05, 0) is 12.8 Å². The van der Waals surface area contributed by atoms with Gasteiger partial charge in [-0.3, -0.25) is 9.59 Å². The number of hydrogen-bond acceptors (Lipinski definition) is 4. The third-order valence-corrected chi connectivity index (χ3v) is 3.30. The molecule has 2 amide bonds. The highest BCUT2D eigenvalue weighted by Gasteiger charge is 2.27. The first-order valence-corrected chi connectivity index (χ1v) is 6.18. The largest absolute Gasteiger partial charge is 0.353 e. The van der Waals surface area contributed by atoms with Crippen molar-refractivity contribution in [3.63, 3.8) is 0 Å². The summed E-state index contributed by atoms with van der Waals surface area (Å²) in [4.78, 5) is 22.3. The van der Waals surface area contributed by atoms with E-state index in [2.05, 4.69) is 16.0 Å². The molecule has 2 fully saturated rings. The number of nitrogens with one attached hydrogen (secondary N) is 3. The van der Waals surface area contributed by atoms with Crippen LogP contribution in [0.4, 0.5) is 4.79 Å². The molecule has 3 N–H and O–H groups in total. The summed E-state index contributed by atoms with van der Waals surface area (Å²) in [6.07, 6.45) is 2.51. The molecular formula is C9H15N3O2S. The molecule has 5 nitrogen and oxygen atoms in total. The van der Waals surface area contributed by atoms with E-state index in [1.807, 2.05) is 0 Å². The molecule has 0 radical (unpaired) electrons. The Bertz CT molecular complexity index is 268. The Morgan fingerprint density at radius 1 is 1.47 bits per heavy atom. The van der Waals surface area contributed by atoms with Gasteiger partial charge in [0.05, 0.1) is 0 Å². The lowest BCUT2D eigenvalue weighted by molar-refractivity contribution is -0.122. The van der Waals surface area contributed by atoms with Crippen molar-refractivity contribution in [1.29, 1.82) is 0 Å². The molecule has 0 spiro atoms. The molecule has 1 heterocycles. The maximum Gasteiger partial charge on any atom is 0.279 e. The second-order valence-electron chi connectivity index (χ2n) is 3.81. The lowest BCUT2D eigenvalue weighted by atomic mass is 10.3. The first-order valence-electron chi connectivity index (χ1n) is 5.20. The van der Waals surface area contributed by atoms with Crippen LogP contribution in [0.15, 0.2) is 0 Å². The summed E-state index contributed by atoms with van der Waals surface area (Å²) in [5, 5.41) is 8.60. The average Bonchev–Trinajstić information content (AvgIpc) is 2.94. The Hall–Kier alpha value is -0.750. The summed E-state index contributed by atoms with van der Waals surface area (Å²) < 4.78 is 0. The Morgan fingerprint density at radius 3 is 2.87 bits per heavy atom. The zero-order chi connectivity index (χ0) is 10.7. The second kappa shape index (κ2) is 4.85. The molecule has 2 rings (SSSR count). The van der Waals surface area contributed by atoms with E-state index in [1.165, 1.54) is 12.8 Å². The van der Waals surface area contributed by atoms with E-state index in [1.54, 1.807) is 0 Å². The summed E-state index contributed by atoms with van der Waals surface area (Å²) in [6.45, 7) is 1.44. The van der Waals surface area contributed by atoms with Gasteiger partial charge in [-0.25, -0.2) is 0 Å². The van der Waals surface area contributed by atoms with E-state index < -0.39 is 0 Å². The molecule has 6 heteroatoms. The lowest BCUT2D eigenvalue weighted by Gasteiger charge is -2.10. The molecule has 0 aromatic heterocycles. The van der Waals surface area contributed by atoms with Crippen LogP contribution >= 0.6 is 11.8 Å². The van der Waals surface area contributed by atoms with Gasteiger partial charge in [0, 0.05) is 24.9 Å². The molecule has 1 aliphatic heterocycles. The highest BCUT2D eigenvalue weighted by molar-refractivity contribution is 8.14. The van der Waals surface area contributed by atoms with Crippen molar-refractivity contribution < 1.29 is 9.59 Å². The number of carbonyl (C=O) groups is 2. The highest BCUT2D eigenvalue weighted by Crippen LogP contribution is 2.17. The summed E-state index contributed by atoms with van der Waals surface area (Å²) >= 11 is 1.16. The van der Waals surface area contributed by atoms with E-state index in [-0.39, 0.29) is 17.2 Å². The van der Waals surface area contributed by atoms with Crippen LogP contribution in [0, 0.1) is 0 Å². The number of hydrogen-bond donors (Lipinski definition) is 3. The van der Waals surface area contributed by atoms with Crippen LogP contribution in [0.25, 0.3) is 0 Å². The monoisotopic (exact) mass is 229 g/mol. The van der Waals surface area contributed by atoms with Crippen LogP contribution in [0.5, 0.6) is 0 Å². The van der Waals surface area contributed by atoms with E-state index in [9.17, 15) is 9.59 Å². The fraction of sp³-hybridized carbons (Fsp3) is 0.778. The van der Waals surface area contributed by atoms with E-state index in [0.717, 1.165) is 18.3 Å². The van der Waals surface area contributed by atoms with Gasteiger partial charge in [0.2, 0.25) is 5.91 Å². The standard InChI is InChI=1S/C9H15N3O2S/c13-8(7-5-15-9(14)12-7)11-4-3-10-6-1-2-6/h6-7,10H,1-5H2,(H,11,13)(H,12,14). The van der Waals surface area contributed by atoms with Gasteiger partial charge in [0.1, 0.15) is 6.04 Å². The van der Waals surface area contributed by atoms with Gasteiger partial charge in [-0.2, -0.15) is 0 Å². The van der Waals surface area contributed by atoms with E-state index >= 15 is 0 Å². The molecule has 1 atom stereocenters. The normalized spacial score (nSPS) is 25.1. The van der Waals surface area contributed by atoms with Crippen LogP contribution in [0.3, 0.4) is 0 Å². The smallest absolute Gasteiger partial charge is 0.279 e. The third kappa shape index (κ3) is 3.39. The molecule has 15 heavy (non-hydrogen) atoms. The molecule has 1 aliphatic carbocycles. The highest BCUT2D eigenvalue weighted by atomic mass is 32.2. The molecule has 2 aliphatic rings. The Labute approximate surface area is 92.7 Å². The van der Waals surface area contributed by atoms with Gasteiger partial charge in [-0.15, -0.1) is 0 Å². The number of rotatable bonds is 5. The minimum atomic E-state index is -0.344. The van der Waals surface area contributed by atoms with Crippen molar-refractivity contribution in [2.24, 2.45) is 0 Å². The summed E-state index contributed by atoms with van der Waals surface area (Å²) in [7, 11) is 0. The number of thioether (sulfide) groups is 1. The van der Waals surface area contributed by atoms with Crippen LogP contribution in [-0.2, 0) is 4.79 Å². The summed E-state index contributed by atoms with van der Waals surface area (Å²) in [5.41, 5.74) is 0. The van der Waals surface area contributed by atoms with Gasteiger partial charge < -0.3 is 16.0 Å². The van der Waals surface area contributed by atoms with Gasteiger partial charge in [0.25, 0.3) is 5.24 Å². The van der Waals surface area contributed by atoms with E-state index in [0.29, 0.717) is 18.3 Å². The Kier molecular flexibility index (Phi) is 3.48. The van der Waals surface area contributed by atoms with Crippen molar-refractivity contribution in [2.45, 2.75) is 24.9 Å². The number of carbonyl (C=O) groups excluding carboxylic acids is 2. The molecule has 0 aromatic rings. The summed E-state index contributed by atoms with van der Waals surface area (Å²) in [5.74, 6) is 0.465. The van der Waals surface area contributed by atoms with E-state index in [4.69, 9.17) is 0 Å². The molecular weight excluding hydrogens is 214 g/mol. The predicted molar refractivity (Wildman–Crippen MR) is 58.8 cm³/mol. The first-order chi connectivity index (χ1) is 7.25. The first kappa shape index (κ1) is 10.8. The zero-order valence-corrected chi connectivity index (χ0v) is 9.23. The topological polar surface area (TPSA) is 70.2 Å². The minimum absolute atomic E-state index is 0.0778. The minimum Gasteiger partial charge on any atom is -0.353 e. The van der Waals surface area contributed by atoms with Crippen molar-refractivity contribution in [3.05, 3.63) is 0 Å². The maximum atomic E-state index is 11.5. The quantitative estimate of drug-likeness (QED) is 0.565. The fourth-order valence-electron chi connectivity index (χ4n) is 1.40. The predicted octanol–water partition coefficient (Wildman–Crippen LogP) is -0.320. The molecule has 1 unspecified atom stereocenters. The maximum absolute atomic E-state index is 11.5.